The zero-order chi connectivity index (χ0) is 14.4. The highest BCUT2D eigenvalue weighted by molar-refractivity contribution is 5.97. The molecule has 0 atom stereocenters. The molecule has 2 rings (SSSR count). The fourth-order valence-electron chi connectivity index (χ4n) is 1.66. The summed E-state index contributed by atoms with van der Waals surface area (Å²) in [6, 6.07) is 6.94. The Kier molecular flexibility index (Phi) is 4.55. The Morgan fingerprint density at radius 1 is 1.25 bits per heavy atom. The number of ether oxygens (including phenoxy) is 2. The normalized spacial score (nSPS) is 13.7. The van der Waals surface area contributed by atoms with E-state index in [9.17, 15) is 4.79 Å². The lowest BCUT2D eigenvalue weighted by molar-refractivity contribution is 0.0822. The van der Waals surface area contributed by atoms with Crippen LogP contribution < -0.4 is 4.74 Å². The molecule has 0 bridgehead atoms. The monoisotopic (exact) mass is 272 g/mol. The van der Waals surface area contributed by atoms with Crippen LogP contribution in [-0.2, 0) is 4.74 Å². The first kappa shape index (κ1) is 13.9. The molecule has 1 aliphatic rings. The van der Waals surface area contributed by atoms with E-state index < -0.39 is 0 Å². The van der Waals surface area contributed by atoms with E-state index in [1.807, 2.05) is 6.92 Å². The van der Waals surface area contributed by atoms with Crippen molar-refractivity contribution in [2.45, 2.75) is 6.92 Å². The van der Waals surface area contributed by atoms with Gasteiger partial charge in [0, 0.05) is 17.8 Å². The predicted octanol–water partition coefficient (Wildman–Crippen LogP) is 2.57. The Morgan fingerprint density at radius 2 is 2.00 bits per heavy atom. The lowest BCUT2D eigenvalue weighted by atomic mass is 10.2. The molecule has 0 unspecified atom stereocenters. The molecule has 1 heterocycles. The molecule has 0 saturated carbocycles. The molecule has 0 radical (unpaired) electrons. The average molecular weight is 272 g/mol. The average Bonchev–Trinajstić information content (AvgIpc) is 2.73. The lowest BCUT2D eigenvalue weighted by Crippen LogP contribution is -2.21. The molecule has 0 N–H and O–H groups in total. The molecule has 0 aliphatic carbocycles. The summed E-state index contributed by atoms with van der Waals surface area (Å²) >= 11 is 0. The van der Waals surface area contributed by atoms with Crippen molar-refractivity contribution in [1.82, 2.24) is 5.01 Å². The molecule has 0 aromatic heterocycles. The van der Waals surface area contributed by atoms with Gasteiger partial charge in [0.15, 0.2) is 0 Å². The lowest BCUT2D eigenvalue weighted by Gasteiger charge is -2.12. The first-order valence-electron chi connectivity index (χ1n) is 6.28. The zero-order valence-electron chi connectivity index (χ0n) is 11.4. The van der Waals surface area contributed by atoms with Crippen LogP contribution >= 0.6 is 0 Å². The summed E-state index contributed by atoms with van der Waals surface area (Å²) in [6.07, 6.45) is 6.75. The number of allylic oxidation sites excluding steroid dienone is 2. The molecular formula is C15H16N2O3. The first-order chi connectivity index (χ1) is 9.74. The quantitative estimate of drug-likeness (QED) is 0.849. The minimum absolute atomic E-state index is 0.234. The van der Waals surface area contributed by atoms with E-state index >= 15 is 0 Å². The molecule has 0 saturated heterocycles. The number of hydrogen-bond acceptors (Lipinski definition) is 4. The molecule has 0 spiro atoms. The van der Waals surface area contributed by atoms with E-state index in [4.69, 9.17) is 9.47 Å². The Bertz CT molecular complexity index is 559. The van der Waals surface area contributed by atoms with Crippen molar-refractivity contribution >= 4 is 11.8 Å². The fraction of sp³-hybridized carbons (Fsp3) is 0.200. The van der Waals surface area contributed by atoms with Crippen LogP contribution in [-0.4, -0.2) is 30.5 Å². The molecule has 5 heteroatoms. The van der Waals surface area contributed by atoms with Gasteiger partial charge in [-0.05, 0) is 37.3 Å². The second-order valence-electron chi connectivity index (χ2n) is 3.95. The topological polar surface area (TPSA) is 51.1 Å². The maximum atomic E-state index is 12.3. The molecule has 5 nitrogen and oxygen atoms in total. The molecule has 0 fully saturated rings. The Hall–Kier alpha value is -2.56. The number of amides is 1. The van der Waals surface area contributed by atoms with Crippen LogP contribution in [0.3, 0.4) is 0 Å². The summed E-state index contributed by atoms with van der Waals surface area (Å²) < 4.78 is 10.4. The van der Waals surface area contributed by atoms with Crippen LogP contribution in [0.5, 0.6) is 5.75 Å². The molecule has 1 aliphatic heterocycles. The Morgan fingerprint density at radius 3 is 2.65 bits per heavy atom. The minimum Gasteiger partial charge on any atom is -0.494 e. The van der Waals surface area contributed by atoms with Gasteiger partial charge in [-0.2, -0.15) is 0 Å². The molecule has 104 valence electrons. The summed E-state index contributed by atoms with van der Waals surface area (Å²) in [7, 11) is 1.51. The maximum Gasteiger partial charge on any atom is 0.278 e. The number of carbonyl (C=O) groups excluding carboxylic acids is 1. The predicted molar refractivity (Wildman–Crippen MR) is 76.5 cm³/mol. The maximum absolute atomic E-state index is 12.3. The van der Waals surface area contributed by atoms with Crippen LogP contribution in [0.25, 0.3) is 0 Å². The van der Waals surface area contributed by atoms with Crippen molar-refractivity contribution in [1.29, 1.82) is 0 Å². The summed E-state index contributed by atoms with van der Waals surface area (Å²) in [5, 5.41) is 5.35. The van der Waals surface area contributed by atoms with Gasteiger partial charge in [0.1, 0.15) is 5.75 Å². The number of carbonyl (C=O) groups is 1. The third-order valence-corrected chi connectivity index (χ3v) is 2.61. The van der Waals surface area contributed by atoms with Gasteiger partial charge in [-0.25, -0.2) is 5.01 Å². The van der Waals surface area contributed by atoms with Crippen LogP contribution in [0.1, 0.15) is 17.3 Å². The molecular weight excluding hydrogens is 256 g/mol. The van der Waals surface area contributed by atoms with Crippen molar-refractivity contribution in [3.05, 3.63) is 54.3 Å². The van der Waals surface area contributed by atoms with Crippen molar-refractivity contribution < 1.29 is 14.3 Å². The Labute approximate surface area is 117 Å². The second-order valence-corrected chi connectivity index (χ2v) is 3.95. The van der Waals surface area contributed by atoms with Gasteiger partial charge < -0.3 is 9.47 Å². The van der Waals surface area contributed by atoms with Gasteiger partial charge in [0.05, 0.1) is 13.7 Å². The van der Waals surface area contributed by atoms with Crippen molar-refractivity contribution in [3.8, 4) is 5.75 Å². The second kappa shape index (κ2) is 6.56. The van der Waals surface area contributed by atoms with Gasteiger partial charge in [-0.15, -0.1) is 5.10 Å². The minimum atomic E-state index is -0.234. The van der Waals surface area contributed by atoms with Crippen molar-refractivity contribution in [2.75, 3.05) is 13.7 Å². The highest BCUT2D eigenvalue weighted by Crippen LogP contribution is 2.15. The van der Waals surface area contributed by atoms with Crippen molar-refractivity contribution in [2.24, 2.45) is 5.10 Å². The molecule has 1 aromatic carbocycles. The number of rotatable bonds is 3. The van der Waals surface area contributed by atoms with Gasteiger partial charge in [-0.3, -0.25) is 4.79 Å². The van der Waals surface area contributed by atoms with Crippen LogP contribution in [0.4, 0.5) is 0 Å². The van der Waals surface area contributed by atoms with E-state index in [2.05, 4.69) is 5.10 Å². The summed E-state index contributed by atoms with van der Waals surface area (Å²) in [4.78, 5) is 12.3. The number of benzene rings is 1. The van der Waals surface area contributed by atoms with E-state index in [1.54, 1.807) is 48.7 Å². The zero-order valence-corrected chi connectivity index (χ0v) is 11.4. The summed E-state index contributed by atoms with van der Waals surface area (Å²) in [5.74, 6) is 0.870. The molecule has 20 heavy (non-hydrogen) atoms. The number of methoxy groups -OCH3 is 1. The smallest absolute Gasteiger partial charge is 0.278 e. The first-order valence-corrected chi connectivity index (χ1v) is 6.28. The van der Waals surface area contributed by atoms with Gasteiger partial charge in [0.2, 0.25) is 5.90 Å². The Balaban J connectivity index is 2.18. The number of hydrogen-bond donors (Lipinski definition) is 0. The van der Waals surface area contributed by atoms with Gasteiger partial charge >= 0.3 is 0 Å². The van der Waals surface area contributed by atoms with E-state index in [0.717, 1.165) is 5.75 Å². The van der Waals surface area contributed by atoms with Crippen LogP contribution in [0, 0.1) is 0 Å². The molecule has 1 aromatic rings. The van der Waals surface area contributed by atoms with Crippen LogP contribution in [0.15, 0.2) is 53.8 Å². The van der Waals surface area contributed by atoms with E-state index in [-0.39, 0.29) is 5.91 Å². The third-order valence-electron chi connectivity index (χ3n) is 2.61. The standard InChI is InChI=1S/C15H16N2O3/c1-3-20-13-9-7-12(8-10-13)15(18)17-11-5-4-6-14(16-17)19-2/h4-11H,3H2,1-2H3. The largest absolute Gasteiger partial charge is 0.494 e. The van der Waals surface area contributed by atoms with Gasteiger partial charge in [0.25, 0.3) is 5.91 Å². The fourth-order valence-corrected chi connectivity index (χ4v) is 1.66. The van der Waals surface area contributed by atoms with E-state index in [1.165, 1.54) is 12.1 Å². The SMILES string of the molecule is CCOc1ccc(C(=O)N2C=CC=CC(OC)=N2)cc1. The summed E-state index contributed by atoms with van der Waals surface area (Å²) in [5.41, 5.74) is 0.527. The van der Waals surface area contributed by atoms with Gasteiger partial charge in [-0.1, -0.05) is 6.08 Å². The van der Waals surface area contributed by atoms with Crippen LogP contribution in [0.2, 0.25) is 0 Å². The number of nitrogens with zero attached hydrogens (tertiary/aromatic N) is 2. The number of hydrazone groups is 1. The highest BCUT2D eigenvalue weighted by Gasteiger charge is 2.14. The summed E-state index contributed by atoms with van der Waals surface area (Å²) in [6.45, 7) is 2.50. The molecule has 1 amide bonds. The highest BCUT2D eigenvalue weighted by atomic mass is 16.5. The van der Waals surface area contributed by atoms with Crippen molar-refractivity contribution in [3.63, 3.8) is 0 Å². The third kappa shape index (κ3) is 3.26. The van der Waals surface area contributed by atoms with E-state index in [0.29, 0.717) is 18.1 Å².